The van der Waals surface area contributed by atoms with Gasteiger partial charge in [-0.2, -0.15) is 74.6 Å². The average molecular weight is 518 g/mol. The number of rotatable bonds is 7. The lowest BCUT2D eigenvalue weighted by Gasteiger charge is -2.47. The summed E-state index contributed by atoms with van der Waals surface area (Å²) in [5.41, 5.74) is -4.25. The van der Waals surface area contributed by atoms with Crippen molar-refractivity contribution in [2.75, 3.05) is 0 Å². The van der Waals surface area contributed by atoms with Gasteiger partial charge in [0.15, 0.2) is 0 Å². The van der Waals surface area contributed by atoms with Gasteiger partial charge in [-0.05, 0) is 12.8 Å². The molecule has 0 unspecified atom stereocenters. The van der Waals surface area contributed by atoms with Gasteiger partial charge in [0.1, 0.15) is 5.60 Å². The van der Waals surface area contributed by atoms with E-state index in [1.54, 1.807) is 0 Å². The normalized spacial score (nSPS) is 20.4. The van der Waals surface area contributed by atoms with Gasteiger partial charge in [-0.3, -0.25) is 0 Å². The Bertz CT molecular complexity index is 686. The van der Waals surface area contributed by atoms with Crippen molar-refractivity contribution in [3.8, 4) is 0 Å². The summed E-state index contributed by atoms with van der Waals surface area (Å²) in [4.78, 5) is 0. The zero-order chi connectivity index (χ0) is 26.0. The Hall–Kier alpha value is -1.23. The zero-order valence-corrected chi connectivity index (χ0v) is 14.9. The van der Waals surface area contributed by atoms with E-state index in [-0.39, 0.29) is 6.42 Å². The maximum Gasteiger partial charge on any atom is 0.460 e. The molecular weight excluding hydrogens is 507 g/mol. The van der Waals surface area contributed by atoms with Crippen LogP contribution in [0.3, 0.4) is 0 Å². The van der Waals surface area contributed by atoms with Crippen LogP contribution in [0.15, 0.2) is 0 Å². The summed E-state index contributed by atoms with van der Waals surface area (Å²) in [6, 6.07) is 0. The molecule has 0 spiro atoms. The highest BCUT2D eigenvalue weighted by Crippen LogP contribution is 2.65. The Morgan fingerprint density at radius 3 is 1.00 bits per heavy atom. The molecule has 0 aliphatic heterocycles. The molecule has 0 radical (unpaired) electrons. The summed E-state index contributed by atoms with van der Waals surface area (Å²) in [6.07, 6.45) is -12.0. The molecule has 0 aromatic carbocycles. The molecule has 1 aliphatic rings. The molecule has 1 fully saturated rings. The van der Waals surface area contributed by atoms with Crippen molar-refractivity contribution >= 4 is 0 Å². The van der Waals surface area contributed by atoms with Crippen LogP contribution in [0.4, 0.5) is 74.6 Å². The molecule has 1 aliphatic carbocycles. The SMILES string of the molecule is OC1(C(F)(F)C(F)(F)C(F)(F)C(F)(F)C(F)(F)C(F)(F)C(F)(F)C(F)(F)F)CCCCC1. The smallest absolute Gasteiger partial charge is 0.383 e. The van der Waals surface area contributed by atoms with Crippen LogP contribution in [0.1, 0.15) is 32.1 Å². The fraction of sp³-hybridized carbons (Fsp3) is 1.00. The molecule has 1 N–H and O–H groups in total. The van der Waals surface area contributed by atoms with Crippen molar-refractivity contribution in [2.45, 2.75) is 85.3 Å². The molecule has 18 heteroatoms. The zero-order valence-electron chi connectivity index (χ0n) is 14.9. The predicted octanol–water partition coefficient (Wildman–Crippen LogP) is 6.69. The second-order valence-corrected chi connectivity index (χ2v) is 7.11. The number of alkyl halides is 17. The van der Waals surface area contributed by atoms with Crippen LogP contribution in [-0.2, 0) is 0 Å². The molecule has 1 saturated carbocycles. The van der Waals surface area contributed by atoms with Gasteiger partial charge in [-0.25, -0.2) is 0 Å². The third-order valence-corrected chi connectivity index (χ3v) is 4.99. The van der Waals surface area contributed by atoms with Gasteiger partial charge in [0.05, 0.1) is 0 Å². The standard InChI is InChI=1S/C14H11F17O/c15-7(16,6(32)4-2-1-3-5-6)8(17,18)9(19,20)10(21,22)11(23,24)12(25,26)13(27,28)14(29,30)31/h32H,1-5H2. The number of aliphatic hydroxyl groups is 1. The highest BCUT2D eigenvalue weighted by Gasteiger charge is 2.96. The molecule has 1 rings (SSSR count). The van der Waals surface area contributed by atoms with Gasteiger partial charge in [0.2, 0.25) is 0 Å². The molecule has 0 bridgehead atoms. The quantitative estimate of drug-likeness (QED) is 0.373. The summed E-state index contributed by atoms with van der Waals surface area (Å²) in [6.45, 7) is 0. The summed E-state index contributed by atoms with van der Waals surface area (Å²) >= 11 is 0. The molecule has 0 atom stereocenters. The minimum absolute atomic E-state index is 0.0622. The minimum Gasteiger partial charge on any atom is -0.383 e. The average Bonchev–Trinajstić information content (AvgIpc) is 2.60. The molecule has 0 heterocycles. The topological polar surface area (TPSA) is 20.2 Å². The van der Waals surface area contributed by atoms with E-state index in [0.29, 0.717) is 0 Å². The van der Waals surface area contributed by atoms with Gasteiger partial charge in [0.25, 0.3) is 0 Å². The fourth-order valence-corrected chi connectivity index (χ4v) is 2.91. The molecule has 1 nitrogen and oxygen atoms in total. The van der Waals surface area contributed by atoms with E-state index in [4.69, 9.17) is 0 Å². The highest BCUT2D eigenvalue weighted by atomic mass is 19.4. The Morgan fingerprint density at radius 1 is 0.406 bits per heavy atom. The van der Waals surface area contributed by atoms with Crippen molar-refractivity contribution in [3.63, 3.8) is 0 Å². The van der Waals surface area contributed by atoms with Gasteiger partial charge in [-0.15, -0.1) is 0 Å². The maximum atomic E-state index is 14.0. The number of halogens is 17. The summed E-state index contributed by atoms with van der Waals surface area (Å²) in [5.74, 6) is -56.9. The van der Waals surface area contributed by atoms with Crippen molar-refractivity contribution in [1.29, 1.82) is 0 Å². The first kappa shape index (κ1) is 28.8. The largest absolute Gasteiger partial charge is 0.460 e. The van der Waals surface area contributed by atoms with E-state index in [2.05, 4.69) is 0 Å². The van der Waals surface area contributed by atoms with E-state index in [9.17, 15) is 79.7 Å². The van der Waals surface area contributed by atoms with Crippen LogP contribution in [-0.4, -0.2) is 58.3 Å². The van der Waals surface area contributed by atoms with Gasteiger partial charge >= 0.3 is 47.6 Å². The van der Waals surface area contributed by atoms with Crippen LogP contribution < -0.4 is 0 Å². The second-order valence-electron chi connectivity index (χ2n) is 7.11. The first-order chi connectivity index (χ1) is 13.7. The van der Waals surface area contributed by atoms with Crippen molar-refractivity contribution in [3.05, 3.63) is 0 Å². The number of hydrogen-bond donors (Lipinski definition) is 1. The molecule has 0 aromatic rings. The summed E-state index contributed by atoms with van der Waals surface area (Å²) < 4.78 is 224. The second kappa shape index (κ2) is 7.38. The van der Waals surface area contributed by atoms with Crippen molar-refractivity contribution in [1.82, 2.24) is 0 Å². The first-order valence-corrected chi connectivity index (χ1v) is 8.14. The maximum absolute atomic E-state index is 14.0. The van der Waals surface area contributed by atoms with Gasteiger partial charge in [-0.1, -0.05) is 19.3 Å². The van der Waals surface area contributed by atoms with E-state index >= 15 is 0 Å². The monoisotopic (exact) mass is 518 g/mol. The Balaban J connectivity index is 3.65. The van der Waals surface area contributed by atoms with Gasteiger partial charge < -0.3 is 5.11 Å². The van der Waals surface area contributed by atoms with E-state index in [1.807, 2.05) is 0 Å². The van der Waals surface area contributed by atoms with Crippen LogP contribution in [0, 0.1) is 0 Å². The van der Waals surface area contributed by atoms with Crippen LogP contribution in [0.5, 0.6) is 0 Å². The van der Waals surface area contributed by atoms with E-state index < -0.39 is 78.9 Å². The predicted molar refractivity (Wildman–Crippen MR) is 68.7 cm³/mol. The molecule has 0 amide bonds. The van der Waals surface area contributed by atoms with Crippen molar-refractivity contribution < 1.29 is 79.7 Å². The lowest BCUT2D eigenvalue weighted by molar-refractivity contribution is -0.467. The Labute approximate surface area is 166 Å². The summed E-state index contributed by atoms with van der Waals surface area (Å²) in [5, 5.41) is 9.55. The van der Waals surface area contributed by atoms with Crippen LogP contribution in [0.2, 0.25) is 0 Å². The number of hydrogen-bond acceptors (Lipinski definition) is 1. The molecule has 0 aromatic heterocycles. The molecule has 0 saturated heterocycles. The summed E-state index contributed by atoms with van der Waals surface area (Å²) in [7, 11) is 0. The molecule has 192 valence electrons. The fourth-order valence-electron chi connectivity index (χ4n) is 2.91. The van der Waals surface area contributed by atoms with E-state index in [0.717, 1.165) is 0 Å². The first-order valence-electron chi connectivity index (χ1n) is 8.14. The molecular formula is C14H11F17O. The highest BCUT2D eigenvalue weighted by molar-refractivity contribution is 5.17. The van der Waals surface area contributed by atoms with Gasteiger partial charge in [0, 0.05) is 0 Å². The lowest BCUT2D eigenvalue weighted by Crippen LogP contribution is -2.76. The lowest BCUT2D eigenvalue weighted by atomic mass is 9.75. The Morgan fingerprint density at radius 2 is 0.688 bits per heavy atom. The van der Waals surface area contributed by atoms with Crippen LogP contribution in [0.25, 0.3) is 0 Å². The Kier molecular flexibility index (Phi) is 6.65. The van der Waals surface area contributed by atoms with Crippen molar-refractivity contribution in [2.24, 2.45) is 0 Å². The third kappa shape index (κ3) is 3.40. The third-order valence-electron chi connectivity index (χ3n) is 4.99. The van der Waals surface area contributed by atoms with Crippen LogP contribution >= 0.6 is 0 Å². The molecule has 32 heavy (non-hydrogen) atoms. The van der Waals surface area contributed by atoms with E-state index in [1.165, 1.54) is 0 Å². The minimum atomic E-state index is -8.66.